The number of aromatic nitrogens is 1. The zero-order valence-electron chi connectivity index (χ0n) is 17.3. The van der Waals surface area contributed by atoms with Crippen LogP contribution in [0.4, 0.5) is 4.39 Å². The minimum atomic E-state index is -0.301. The minimum absolute atomic E-state index is 0.000908. The fourth-order valence-corrected chi connectivity index (χ4v) is 4.38. The van der Waals surface area contributed by atoms with Crippen molar-refractivity contribution in [3.05, 3.63) is 81.4 Å². The summed E-state index contributed by atoms with van der Waals surface area (Å²) in [6.07, 6.45) is 5.09. The van der Waals surface area contributed by atoms with E-state index in [9.17, 15) is 14.0 Å². The average Bonchev–Trinajstić information content (AvgIpc) is 2.76. The largest absolute Gasteiger partial charge is 0.334 e. The van der Waals surface area contributed by atoms with E-state index in [1.54, 1.807) is 17.0 Å². The number of nitrogens with zero attached hydrogens (tertiary/aromatic N) is 1. The normalized spacial score (nSPS) is 14.7. The van der Waals surface area contributed by atoms with Gasteiger partial charge in [0.05, 0.1) is 12.1 Å². The van der Waals surface area contributed by atoms with Crippen LogP contribution in [-0.2, 0) is 17.9 Å². The van der Waals surface area contributed by atoms with Crippen LogP contribution >= 0.6 is 0 Å². The van der Waals surface area contributed by atoms with Crippen LogP contribution in [0, 0.1) is 18.7 Å². The quantitative estimate of drug-likeness (QED) is 0.642. The van der Waals surface area contributed by atoms with Gasteiger partial charge < -0.3 is 9.88 Å². The molecular weight excluding hydrogens is 379 g/mol. The monoisotopic (exact) mass is 406 g/mol. The van der Waals surface area contributed by atoms with Gasteiger partial charge in [-0.15, -0.1) is 0 Å². The molecule has 156 valence electrons. The number of aryl methyl sites for hydroxylation is 1. The fraction of sp³-hybridized carbons (Fsp3) is 0.360. The second kappa shape index (κ2) is 8.82. The first kappa shape index (κ1) is 20.3. The molecule has 0 aliphatic heterocycles. The minimum Gasteiger partial charge on any atom is -0.334 e. The van der Waals surface area contributed by atoms with E-state index in [1.807, 2.05) is 31.2 Å². The maximum Gasteiger partial charge on any atom is 0.253 e. The summed E-state index contributed by atoms with van der Waals surface area (Å²) in [5.41, 5.74) is 3.10. The molecule has 3 aromatic rings. The van der Waals surface area contributed by atoms with Gasteiger partial charge in [0.15, 0.2) is 0 Å². The van der Waals surface area contributed by atoms with Gasteiger partial charge >= 0.3 is 0 Å². The number of benzene rings is 2. The summed E-state index contributed by atoms with van der Waals surface area (Å²) in [4.78, 5) is 30.9. The Kier molecular flexibility index (Phi) is 5.98. The zero-order valence-corrected chi connectivity index (χ0v) is 17.3. The number of hydrogen-bond acceptors (Lipinski definition) is 2. The van der Waals surface area contributed by atoms with Crippen LogP contribution < -0.4 is 5.56 Å². The number of fused-ring (bicyclic) bond motifs is 1. The van der Waals surface area contributed by atoms with Crippen LogP contribution in [0.1, 0.15) is 48.8 Å². The van der Waals surface area contributed by atoms with Crippen LogP contribution in [0.25, 0.3) is 10.9 Å². The molecule has 0 bridgehead atoms. The zero-order chi connectivity index (χ0) is 21.1. The van der Waals surface area contributed by atoms with E-state index >= 15 is 0 Å². The Morgan fingerprint density at radius 2 is 1.80 bits per heavy atom. The molecule has 1 amide bonds. The second-order valence-electron chi connectivity index (χ2n) is 8.32. The Labute approximate surface area is 175 Å². The third-order valence-electron chi connectivity index (χ3n) is 6.08. The van der Waals surface area contributed by atoms with E-state index in [0.29, 0.717) is 12.1 Å². The molecule has 2 aromatic carbocycles. The first-order chi connectivity index (χ1) is 14.5. The Morgan fingerprint density at radius 1 is 1.07 bits per heavy atom. The molecule has 4 rings (SSSR count). The van der Waals surface area contributed by atoms with Crippen molar-refractivity contribution in [3.63, 3.8) is 0 Å². The number of para-hydroxylation sites is 1. The van der Waals surface area contributed by atoms with Crippen LogP contribution in [0.2, 0.25) is 0 Å². The number of pyridine rings is 1. The number of nitrogens with one attached hydrogen (secondary N) is 1. The topological polar surface area (TPSA) is 53.2 Å². The van der Waals surface area contributed by atoms with Crippen molar-refractivity contribution in [3.8, 4) is 0 Å². The molecule has 30 heavy (non-hydrogen) atoms. The Hall–Kier alpha value is -2.95. The fourth-order valence-electron chi connectivity index (χ4n) is 4.38. The van der Waals surface area contributed by atoms with Gasteiger partial charge in [-0.3, -0.25) is 9.59 Å². The van der Waals surface area contributed by atoms with Crippen molar-refractivity contribution in [1.29, 1.82) is 0 Å². The van der Waals surface area contributed by atoms with Crippen molar-refractivity contribution in [2.75, 3.05) is 0 Å². The molecule has 0 spiro atoms. The molecule has 1 fully saturated rings. The molecule has 0 unspecified atom stereocenters. The molecule has 5 heteroatoms. The predicted octanol–water partition coefficient (Wildman–Crippen LogP) is 5.08. The number of hydrogen-bond donors (Lipinski definition) is 1. The number of carbonyl (C=O) groups is 1. The molecule has 1 aliphatic rings. The lowest BCUT2D eigenvalue weighted by Gasteiger charge is -2.29. The Morgan fingerprint density at radius 3 is 2.53 bits per heavy atom. The molecule has 4 nitrogen and oxygen atoms in total. The van der Waals surface area contributed by atoms with Crippen molar-refractivity contribution in [2.45, 2.75) is 52.1 Å². The predicted molar refractivity (Wildman–Crippen MR) is 117 cm³/mol. The summed E-state index contributed by atoms with van der Waals surface area (Å²) in [7, 11) is 0. The summed E-state index contributed by atoms with van der Waals surface area (Å²) in [5, 5.41) is 0.955. The van der Waals surface area contributed by atoms with E-state index in [0.717, 1.165) is 47.7 Å². The molecule has 0 atom stereocenters. The highest BCUT2D eigenvalue weighted by atomic mass is 19.1. The summed E-state index contributed by atoms with van der Waals surface area (Å²) >= 11 is 0. The number of halogens is 1. The lowest BCUT2D eigenvalue weighted by molar-refractivity contribution is -0.137. The molecule has 1 aromatic heterocycles. The number of aromatic amines is 1. The molecule has 0 radical (unpaired) electrons. The number of carbonyl (C=O) groups excluding carboxylic acids is 1. The van der Waals surface area contributed by atoms with Gasteiger partial charge in [-0.25, -0.2) is 4.39 Å². The highest BCUT2D eigenvalue weighted by Crippen LogP contribution is 2.27. The second-order valence-corrected chi connectivity index (χ2v) is 8.32. The molecule has 1 N–H and O–H groups in total. The van der Waals surface area contributed by atoms with E-state index < -0.39 is 0 Å². The van der Waals surface area contributed by atoms with Crippen molar-refractivity contribution < 1.29 is 9.18 Å². The highest BCUT2D eigenvalue weighted by Gasteiger charge is 2.27. The molecule has 0 saturated heterocycles. The lowest BCUT2D eigenvalue weighted by Crippen LogP contribution is -2.37. The van der Waals surface area contributed by atoms with Gasteiger partial charge in [-0.1, -0.05) is 49.6 Å². The SMILES string of the molecule is Cc1cccc2cc(CN(Cc3ccc(F)cc3)C(=O)C3CCCCC3)c(=O)[nH]c12. The molecule has 1 saturated carbocycles. The first-order valence-corrected chi connectivity index (χ1v) is 10.7. The summed E-state index contributed by atoms with van der Waals surface area (Å²) in [6, 6.07) is 14.0. The van der Waals surface area contributed by atoms with Gasteiger partial charge in [0, 0.05) is 18.0 Å². The van der Waals surface area contributed by atoms with Gasteiger partial charge in [0.25, 0.3) is 5.56 Å². The summed E-state index contributed by atoms with van der Waals surface area (Å²) in [5.74, 6) is -0.214. The lowest BCUT2D eigenvalue weighted by atomic mass is 9.88. The van der Waals surface area contributed by atoms with Crippen LogP contribution in [-0.4, -0.2) is 15.8 Å². The van der Waals surface area contributed by atoms with Crippen LogP contribution in [0.15, 0.2) is 53.3 Å². The maximum absolute atomic E-state index is 13.3. The first-order valence-electron chi connectivity index (χ1n) is 10.7. The molecular formula is C25H27FN2O2. The highest BCUT2D eigenvalue weighted by molar-refractivity contribution is 5.82. The van der Waals surface area contributed by atoms with E-state index in [4.69, 9.17) is 0 Å². The average molecular weight is 407 g/mol. The maximum atomic E-state index is 13.3. The molecule has 1 aliphatic carbocycles. The van der Waals surface area contributed by atoms with Crippen LogP contribution in [0.3, 0.4) is 0 Å². The number of rotatable bonds is 5. The molecule has 1 heterocycles. The van der Waals surface area contributed by atoms with Gasteiger partial charge in [-0.2, -0.15) is 0 Å². The van der Waals surface area contributed by atoms with Crippen molar-refractivity contribution in [2.24, 2.45) is 5.92 Å². The van der Waals surface area contributed by atoms with E-state index in [1.165, 1.54) is 18.6 Å². The van der Waals surface area contributed by atoms with E-state index in [-0.39, 0.29) is 29.7 Å². The summed E-state index contributed by atoms with van der Waals surface area (Å²) < 4.78 is 13.3. The van der Waals surface area contributed by atoms with Gasteiger partial charge in [-0.05, 0) is 54.5 Å². The summed E-state index contributed by atoms with van der Waals surface area (Å²) in [6.45, 7) is 2.57. The van der Waals surface area contributed by atoms with E-state index in [2.05, 4.69) is 4.98 Å². The van der Waals surface area contributed by atoms with Crippen LogP contribution in [0.5, 0.6) is 0 Å². The van der Waals surface area contributed by atoms with Crippen molar-refractivity contribution >= 4 is 16.8 Å². The number of H-pyrrole nitrogens is 1. The Bertz CT molecular complexity index is 1100. The van der Waals surface area contributed by atoms with Crippen molar-refractivity contribution in [1.82, 2.24) is 9.88 Å². The number of amides is 1. The Balaban J connectivity index is 1.65. The standard InChI is InChI=1S/C25H27FN2O2/c1-17-6-5-9-20-14-21(24(29)27-23(17)20)16-28(15-18-10-12-22(26)13-11-18)25(30)19-7-3-2-4-8-19/h5-6,9-14,19H,2-4,7-8,15-16H2,1H3,(H,27,29). The van der Waals surface area contributed by atoms with Gasteiger partial charge in [0.1, 0.15) is 5.82 Å². The third-order valence-corrected chi connectivity index (χ3v) is 6.08. The van der Waals surface area contributed by atoms with Gasteiger partial charge in [0.2, 0.25) is 5.91 Å². The third kappa shape index (κ3) is 4.45. The smallest absolute Gasteiger partial charge is 0.253 e.